The maximum atomic E-state index is 10.3. The maximum Gasteiger partial charge on any atom is 0.0859 e. The first-order valence-electron chi connectivity index (χ1n) is 6.07. The van der Waals surface area contributed by atoms with Gasteiger partial charge in [-0.3, -0.25) is 4.68 Å². The number of hydrogen-bond acceptors (Lipinski definition) is 2. The molecule has 0 aliphatic carbocycles. The monoisotopic (exact) mass is 264 g/mol. The molecule has 0 amide bonds. The topological polar surface area (TPSA) is 38.0 Å². The molecule has 1 aromatic carbocycles. The molecule has 0 aliphatic rings. The lowest BCUT2D eigenvalue weighted by atomic mass is 10.0. The van der Waals surface area contributed by atoms with Gasteiger partial charge in [0.15, 0.2) is 0 Å². The van der Waals surface area contributed by atoms with Crippen molar-refractivity contribution in [3.05, 3.63) is 52.3 Å². The molecule has 1 aromatic heterocycles. The van der Waals surface area contributed by atoms with Crippen LogP contribution in [-0.2, 0) is 13.0 Å². The summed E-state index contributed by atoms with van der Waals surface area (Å²) in [6.45, 7) is 4.80. The molecule has 0 saturated carbocycles. The minimum absolute atomic E-state index is 0.526. The van der Waals surface area contributed by atoms with Gasteiger partial charge in [0.2, 0.25) is 0 Å². The number of aliphatic hydroxyl groups is 1. The van der Waals surface area contributed by atoms with Crippen LogP contribution in [0.5, 0.6) is 0 Å². The van der Waals surface area contributed by atoms with Crippen LogP contribution >= 0.6 is 11.6 Å². The standard InChI is InChI=1S/C14H17ClN2O/c1-3-17-11(8-10(2)16-17)9-14(18)12-6-4-5-7-13(12)15/h4-8,14,18H,3,9H2,1-2H3. The predicted octanol–water partition coefficient (Wildman–Crippen LogP) is 3.14. The molecule has 3 nitrogen and oxygen atoms in total. The zero-order valence-corrected chi connectivity index (χ0v) is 11.4. The maximum absolute atomic E-state index is 10.3. The SMILES string of the molecule is CCn1nc(C)cc1CC(O)c1ccccc1Cl. The molecule has 18 heavy (non-hydrogen) atoms. The van der Waals surface area contributed by atoms with Crippen LogP contribution in [0.2, 0.25) is 5.02 Å². The van der Waals surface area contributed by atoms with E-state index in [0.717, 1.165) is 23.5 Å². The van der Waals surface area contributed by atoms with Crippen LogP contribution in [0.15, 0.2) is 30.3 Å². The van der Waals surface area contributed by atoms with Crippen LogP contribution in [0.4, 0.5) is 0 Å². The van der Waals surface area contributed by atoms with E-state index in [-0.39, 0.29) is 0 Å². The van der Waals surface area contributed by atoms with Crippen LogP contribution in [0, 0.1) is 6.92 Å². The Kier molecular flexibility index (Phi) is 4.04. The third-order valence-electron chi connectivity index (χ3n) is 2.95. The molecule has 4 heteroatoms. The van der Waals surface area contributed by atoms with Crippen molar-refractivity contribution in [1.82, 2.24) is 9.78 Å². The largest absolute Gasteiger partial charge is 0.388 e. The van der Waals surface area contributed by atoms with Gasteiger partial charge in [-0.15, -0.1) is 0 Å². The molecule has 0 saturated heterocycles. The molecule has 0 aliphatic heterocycles. The normalized spacial score (nSPS) is 12.7. The molecule has 1 N–H and O–H groups in total. The van der Waals surface area contributed by atoms with Gasteiger partial charge in [0.05, 0.1) is 11.8 Å². The van der Waals surface area contributed by atoms with E-state index in [1.54, 1.807) is 6.07 Å². The summed E-state index contributed by atoms with van der Waals surface area (Å²) < 4.78 is 1.91. The first-order chi connectivity index (χ1) is 8.61. The second kappa shape index (κ2) is 5.55. The third-order valence-corrected chi connectivity index (χ3v) is 3.30. The fourth-order valence-corrected chi connectivity index (χ4v) is 2.35. The lowest BCUT2D eigenvalue weighted by Gasteiger charge is -2.13. The molecule has 0 spiro atoms. The van der Waals surface area contributed by atoms with Gasteiger partial charge in [-0.25, -0.2) is 0 Å². The lowest BCUT2D eigenvalue weighted by Crippen LogP contribution is -2.08. The Labute approximate surface area is 112 Å². The second-order valence-electron chi connectivity index (χ2n) is 4.33. The molecular formula is C14H17ClN2O. The van der Waals surface area contributed by atoms with E-state index >= 15 is 0 Å². The zero-order valence-electron chi connectivity index (χ0n) is 10.6. The van der Waals surface area contributed by atoms with Crippen molar-refractivity contribution in [2.24, 2.45) is 0 Å². The molecule has 96 valence electrons. The van der Waals surface area contributed by atoms with E-state index in [1.807, 2.05) is 42.8 Å². The van der Waals surface area contributed by atoms with Crippen molar-refractivity contribution in [3.63, 3.8) is 0 Å². The van der Waals surface area contributed by atoms with E-state index in [4.69, 9.17) is 11.6 Å². The Balaban J connectivity index is 2.21. The Bertz CT molecular complexity index is 536. The average molecular weight is 265 g/mol. The highest BCUT2D eigenvalue weighted by Gasteiger charge is 2.14. The van der Waals surface area contributed by atoms with Gasteiger partial charge in [-0.2, -0.15) is 5.10 Å². The summed E-state index contributed by atoms with van der Waals surface area (Å²) in [5, 5.41) is 15.2. The number of benzene rings is 1. The summed E-state index contributed by atoms with van der Waals surface area (Å²) >= 11 is 6.08. The number of aliphatic hydroxyl groups excluding tert-OH is 1. The number of aromatic nitrogens is 2. The minimum Gasteiger partial charge on any atom is -0.388 e. The average Bonchev–Trinajstić information content (AvgIpc) is 2.70. The van der Waals surface area contributed by atoms with Gasteiger partial charge in [0, 0.05) is 23.7 Å². The summed E-state index contributed by atoms with van der Waals surface area (Å²) in [6.07, 6.45) is -0.0709. The van der Waals surface area contributed by atoms with Crippen LogP contribution in [-0.4, -0.2) is 14.9 Å². The van der Waals surface area contributed by atoms with E-state index < -0.39 is 6.10 Å². The van der Waals surface area contributed by atoms with E-state index in [1.165, 1.54) is 0 Å². The quantitative estimate of drug-likeness (QED) is 0.921. The molecule has 2 aromatic rings. The first kappa shape index (κ1) is 13.1. The molecule has 0 radical (unpaired) electrons. The van der Waals surface area contributed by atoms with Gasteiger partial charge in [0.1, 0.15) is 0 Å². The number of rotatable bonds is 4. The Hall–Kier alpha value is -1.32. The zero-order chi connectivity index (χ0) is 13.1. The lowest BCUT2D eigenvalue weighted by molar-refractivity contribution is 0.175. The summed E-state index contributed by atoms with van der Waals surface area (Å²) in [5.74, 6) is 0. The van der Waals surface area contributed by atoms with Crippen LogP contribution in [0.3, 0.4) is 0 Å². The van der Waals surface area contributed by atoms with Crippen LogP contribution < -0.4 is 0 Å². The smallest absolute Gasteiger partial charge is 0.0859 e. The summed E-state index contributed by atoms with van der Waals surface area (Å²) in [7, 11) is 0. The van der Waals surface area contributed by atoms with Crippen LogP contribution in [0.1, 0.15) is 30.0 Å². The van der Waals surface area contributed by atoms with Crippen molar-refractivity contribution < 1.29 is 5.11 Å². The molecule has 0 bridgehead atoms. The van der Waals surface area contributed by atoms with E-state index in [2.05, 4.69) is 5.10 Å². The van der Waals surface area contributed by atoms with Crippen molar-refractivity contribution in [3.8, 4) is 0 Å². The van der Waals surface area contributed by atoms with Gasteiger partial charge in [-0.05, 0) is 31.5 Å². The number of aryl methyl sites for hydroxylation is 2. The molecule has 0 fully saturated rings. The molecular weight excluding hydrogens is 248 g/mol. The van der Waals surface area contributed by atoms with Crippen molar-refractivity contribution in [2.45, 2.75) is 32.9 Å². The summed E-state index contributed by atoms with van der Waals surface area (Å²) in [5.41, 5.74) is 2.77. The Morgan fingerprint density at radius 3 is 2.78 bits per heavy atom. The highest BCUT2D eigenvalue weighted by Crippen LogP contribution is 2.25. The van der Waals surface area contributed by atoms with E-state index in [9.17, 15) is 5.11 Å². The summed E-state index contributed by atoms with van der Waals surface area (Å²) in [4.78, 5) is 0. The highest BCUT2D eigenvalue weighted by atomic mass is 35.5. The highest BCUT2D eigenvalue weighted by molar-refractivity contribution is 6.31. The number of nitrogens with zero attached hydrogens (tertiary/aromatic N) is 2. The van der Waals surface area contributed by atoms with Crippen molar-refractivity contribution in [2.75, 3.05) is 0 Å². The van der Waals surface area contributed by atoms with Gasteiger partial charge >= 0.3 is 0 Å². The Morgan fingerprint density at radius 2 is 2.11 bits per heavy atom. The fourth-order valence-electron chi connectivity index (χ4n) is 2.09. The molecule has 1 atom stereocenters. The second-order valence-corrected chi connectivity index (χ2v) is 4.74. The predicted molar refractivity (Wildman–Crippen MR) is 72.8 cm³/mol. The van der Waals surface area contributed by atoms with Gasteiger partial charge in [0.25, 0.3) is 0 Å². The fraction of sp³-hybridized carbons (Fsp3) is 0.357. The number of halogens is 1. The molecule has 1 unspecified atom stereocenters. The third kappa shape index (κ3) is 2.74. The Morgan fingerprint density at radius 1 is 1.39 bits per heavy atom. The molecule has 1 heterocycles. The first-order valence-corrected chi connectivity index (χ1v) is 6.45. The van der Waals surface area contributed by atoms with Crippen molar-refractivity contribution >= 4 is 11.6 Å². The summed E-state index contributed by atoms with van der Waals surface area (Å²) in [6, 6.07) is 9.39. The van der Waals surface area contributed by atoms with Gasteiger partial charge in [-0.1, -0.05) is 29.8 Å². The van der Waals surface area contributed by atoms with Gasteiger partial charge < -0.3 is 5.11 Å². The van der Waals surface area contributed by atoms with Crippen LogP contribution in [0.25, 0.3) is 0 Å². The minimum atomic E-state index is -0.597. The molecule has 2 rings (SSSR count). The van der Waals surface area contributed by atoms with Crippen molar-refractivity contribution in [1.29, 1.82) is 0 Å². The van der Waals surface area contributed by atoms with E-state index in [0.29, 0.717) is 11.4 Å². The number of hydrogen-bond donors (Lipinski definition) is 1.